The molecule has 6 rings (SSSR count). The Morgan fingerprint density at radius 3 is 2.74 bits per heavy atom. The minimum Gasteiger partial charge on any atom is -0.393 e. The fourth-order valence-electron chi connectivity index (χ4n) is 10.2. The van der Waals surface area contributed by atoms with E-state index in [4.69, 9.17) is 4.74 Å². The van der Waals surface area contributed by atoms with Gasteiger partial charge in [0.15, 0.2) is 0 Å². The Balaban J connectivity index is 1.30. The molecule has 2 saturated heterocycles. The highest BCUT2D eigenvalue weighted by Gasteiger charge is 2.63. The minimum absolute atomic E-state index is 0.0989. The standard InChI is InChI=1S/C28H45NO2/c1-17-5-8-24-18(2)26-25(31-16-29(24)15-17)14-23-21-7-6-19-13-20(30)9-11-27(19,3)22(21)10-12-28(23,26)4/h6,17-18,20-26,30H,5,7-16H2,1-4H3/t17-,18+,20+,21+,22-,23-,24-,25-,26-,27+,28+/m1/s1. The van der Waals surface area contributed by atoms with Crippen molar-refractivity contribution in [3.05, 3.63) is 11.6 Å². The molecule has 2 aliphatic heterocycles. The zero-order valence-corrected chi connectivity index (χ0v) is 20.4. The summed E-state index contributed by atoms with van der Waals surface area (Å²) in [7, 11) is 0. The molecule has 174 valence electrons. The Morgan fingerprint density at radius 1 is 1.06 bits per heavy atom. The average Bonchev–Trinajstić information content (AvgIpc) is 2.96. The molecule has 11 atom stereocenters. The summed E-state index contributed by atoms with van der Waals surface area (Å²) < 4.78 is 6.78. The van der Waals surface area contributed by atoms with Crippen molar-refractivity contribution in [3.8, 4) is 0 Å². The highest BCUT2D eigenvalue weighted by Crippen LogP contribution is 2.68. The van der Waals surface area contributed by atoms with Crippen molar-refractivity contribution in [2.75, 3.05) is 13.3 Å². The molecule has 3 heteroatoms. The van der Waals surface area contributed by atoms with Gasteiger partial charge in [0.1, 0.15) is 0 Å². The molecule has 3 nitrogen and oxygen atoms in total. The zero-order valence-electron chi connectivity index (χ0n) is 20.4. The summed E-state index contributed by atoms with van der Waals surface area (Å²) in [6.07, 6.45) is 14.2. The molecule has 0 spiro atoms. The van der Waals surface area contributed by atoms with Gasteiger partial charge in [0.05, 0.1) is 18.9 Å². The van der Waals surface area contributed by atoms with Gasteiger partial charge in [0, 0.05) is 12.6 Å². The van der Waals surface area contributed by atoms with Crippen LogP contribution in [0.2, 0.25) is 0 Å². The smallest absolute Gasteiger partial charge is 0.0996 e. The number of rotatable bonds is 0. The van der Waals surface area contributed by atoms with Crippen LogP contribution in [0.15, 0.2) is 11.6 Å². The van der Waals surface area contributed by atoms with Crippen LogP contribution in [0.3, 0.4) is 0 Å². The number of fused-ring (bicyclic) bond motifs is 8. The van der Waals surface area contributed by atoms with Gasteiger partial charge in [0.25, 0.3) is 0 Å². The third-order valence-corrected chi connectivity index (χ3v) is 11.8. The molecule has 0 amide bonds. The fraction of sp³-hybridized carbons (Fsp3) is 0.929. The molecule has 4 aliphatic carbocycles. The topological polar surface area (TPSA) is 32.7 Å². The Labute approximate surface area is 190 Å². The van der Waals surface area contributed by atoms with Gasteiger partial charge in [-0.15, -0.1) is 0 Å². The van der Waals surface area contributed by atoms with Gasteiger partial charge in [-0.1, -0.05) is 39.3 Å². The normalized spacial score (nSPS) is 56.9. The van der Waals surface area contributed by atoms with Gasteiger partial charge in [-0.05, 0) is 104 Å². The average molecular weight is 428 g/mol. The first kappa shape index (κ1) is 21.2. The molecule has 0 radical (unpaired) electrons. The van der Waals surface area contributed by atoms with E-state index in [-0.39, 0.29) is 6.10 Å². The number of hydrogen-bond donors (Lipinski definition) is 1. The molecule has 31 heavy (non-hydrogen) atoms. The molecule has 6 aliphatic rings. The third kappa shape index (κ3) is 3.01. The number of aliphatic hydroxyl groups excluding tert-OH is 1. The van der Waals surface area contributed by atoms with E-state index < -0.39 is 0 Å². The lowest BCUT2D eigenvalue weighted by molar-refractivity contribution is -0.0644. The highest BCUT2D eigenvalue weighted by atomic mass is 16.5. The summed E-state index contributed by atoms with van der Waals surface area (Å²) in [5, 5.41) is 10.3. The zero-order chi connectivity index (χ0) is 21.5. The Hall–Kier alpha value is -0.380. The van der Waals surface area contributed by atoms with Gasteiger partial charge >= 0.3 is 0 Å². The van der Waals surface area contributed by atoms with Gasteiger partial charge in [0.2, 0.25) is 0 Å². The second-order valence-electron chi connectivity index (χ2n) is 13.2. The maximum atomic E-state index is 10.3. The Kier molecular flexibility index (Phi) is 4.99. The summed E-state index contributed by atoms with van der Waals surface area (Å²) in [6.45, 7) is 12.3. The van der Waals surface area contributed by atoms with Crippen molar-refractivity contribution in [2.45, 2.75) is 104 Å². The van der Waals surface area contributed by atoms with Gasteiger partial charge in [-0.3, -0.25) is 4.90 Å². The number of ether oxygens (including phenoxy) is 1. The summed E-state index contributed by atoms with van der Waals surface area (Å²) in [4.78, 5) is 2.70. The number of nitrogens with zero attached hydrogens (tertiary/aromatic N) is 1. The van der Waals surface area contributed by atoms with Crippen molar-refractivity contribution in [3.63, 3.8) is 0 Å². The summed E-state index contributed by atoms with van der Waals surface area (Å²) in [6, 6.07) is 0.731. The lowest BCUT2D eigenvalue weighted by Gasteiger charge is -2.58. The second kappa shape index (κ2) is 7.31. The number of piperidine rings is 1. The first-order valence-corrected chi connectivity index (χ1v) is 13.5. The second-order valence-corrected chi connectivity index (χ2v) is 13.2. The quantitative estimate of drug-likeness (QED) is 0.509. The van der Waals surface area contributed by atoms with Crippen molar-refractivity contribution in [1.29, 1.82) is 0 Å². The maximum absolute atomic E-state index is 10.3. The van der Waals surface area contributed by atoms with E-state index in [1.54, 1.807) is 5.57 Å². The van der Waals surface area contributed by atoms with E-state index >= 15 is 0 Å². The predicted molar refractivity (Wildman–Crippen MR) is 124 cm³/mol. The lowest BCUT2D eigenvalue weighted by Crippen LogP contribution is -2.53. The molecule has 2 heterocycles. The molecule has 0 aromatic rings. The van der Waals surface area contributed by atoms with E-state index in [1.165, 1.54) is 51.5 Å². The number of aliphatic hydroxyl groups is 1. The summed E-state index contributed by atoms with van der Waals surface area (Å²) >= 11 is 0. The molecular formula is C28H45NO2. The SMILES string of the molecule is C[C@@H]1CC[C@@H]2[C@H](C)[C@@H]3[C@@H](C[C@@H]4[C@H]5CC=C6C[C@@H](O)CC[C@]6(C)[C@@H]5CC[C@]34C)OCN2C1. The summed E-state index contributed by atoms with van der Waals surface area (Å²) in [5.41, 5.74) is 2.39. The number of allylic oxidation sites excluding steroid dienone is 1. The van der Waals surface area contributed by atoms with Crippen LogP contribution >= 0.6 is 0 Å². The van der Waals surface area contributed by atoms with Gasteiger partial charge < -0.3 is 9.84 Å². The molecule has 0 aromatic carbocycles. The molecule has 1 N–H and O–H groups in total. The number of hydrogen-bond acceptors (Lipinski definition) is 3. The first-order chi connectivity index (χ1) is 14.8. The van der Waals surface area contributed by atoms with Gasteiger partial charge in [-0.25, -0.2) is 0 Å². The van der Waals surface area contributed by atoms with Crippen LogP contribution in [0, 0.1) is 46.3 Å². The minimum atomic E-state index is -0.0989. The maximum Gasteiger partial charge on any atom is 0.0996 e. The van der Waals surface area contributed by atoms with Crippen LogP contribution in [0.4, 0.5) is 0 Å². The molecule has 3 saturated carbocycles. The van der Waals surface area contributed by atoms with E-state index in [9.17, 15) is 5.11 Å². The van der Waals surface area contributed by atoms with E-state index in [2.05, 4.69) is 38.7 Å². The fourth-order valence-corrected chi connectivity index (χ4v) is 10.2. The van der Waals surface area contributed by atoms with Crippen LogP contribution in [0.5, 0.6) is 0 Å². The van der Waals surface area contributed by atoms with Crippen molar-refractivity contribution in [2.24, 2.45) is 46.3 Å². The highest BCUT2D eigenvalue weighted by molar-refractivity contribution is 5.26. The van der Waals surface area contributed by atoms with E-state index in [1.807, 2.05) is 0 Å². The molecular weight excluding hydrogens is 382 g/mol. The molecule has 0 unspecified atom stereocenters. The van der Waals surface area contributed by atoms with Crippen molar-refractivity contribution in [1.82, 2.24) is 4.90 Å². The van der Waals surface area contributed by atoms with E-state index in [0.29, 0.717) is 16.9 Å². The van der Waals surface area contributed by atoms with Crippen molar-refractivity contribution < 1.29 is 9.84 Å². The Bertz CT molecular complexity index is 749. The van der Waals surface area contributed by atoms with Crippen molar-refractivity contribution >= 4 is 0 Å². The summed E-state index contributed by atoms with van der Waals surface area (Å²) in [5.74, 6) is 4.77. The lowest BCUT2D eigenvalue weighted by atomic mass is 9.47. The van der Waals surface area contributed by atoms with Crippen LogP contribution < -0.4 is 0 Å². The van der Waals surface area contributed by atoms with Crippen LogP contribution in [-0.4, -0.2) is 41.5 Å². The molecule has 0 bridgehead atoms. The Morgan fingerprint density at radius 2 is 1.90 bits per heavy atom. The molecule has 0 aromatic heterocycles. The third-order valence-electron chi connectivity index (χ3n) is 11.8. The van der Waals surface area contributed by atoms with Crippen LogP contribution in [0.25, 0.3) is 0 Å². The monoisotopic (exact) mass is 427 g/mol. The predicted octanol–water partition coefficient (Wildman–Crippen LogP) is 5.63. The van der Waals surface area contributed by atoms with E-state index in [0.717, 1.165) is 61.1 Å². The van der Waals surface area contributed by atoms with Crippen LogP contribution in [0.1, 0.15) is 85.5 Å². The molecule has 5 fully saturated rings. The van der Waals surface area contributed by atoms with Crippen LogP contribution in [-0.2, 0) is 4.74 Å². The largest absolute Gasteiger partial charge is 0.393 e. The van der Waals surface area contributed by atoms with Gasteiger partial charge in [-0.2, -0.15) is 0 Å². The first-order valence-electron chi connectivity index (χ1n) is 13.5.